The van der Waals surface area contributed by atoms with Gasteiger partial charge in [0.1, 0.15) is 11.4 Å². The van der Waals surface area contributed by atoms with Crippen LogP contribution < -0.4 is 9.62 Å². The fourth-order valence-corrected chi connectivity index (χ4v) is 4.04. The standard InChI is InChI=1S/C20H18N4O5S/c1-15-4-8-17(9-5-15)23(30(28,29)19-3-2-12-21-13-19)14-20(25)22-16-6-10-18(11-7-16)24(26)27/h2-13H,14H2,1H3,(H,22,25). The zero-order chi connectivity index (χ0) is 21.7. The van der Waals surface area contributed by atoms with Crippen LogP contribution in [0.15, 0.2) is 78.0 Å². The second kappa shape index (κ2) is 8.70. The monoisotopic (exact) mass is 426 g/mol. The van der Waals surface area contributed by atoms with E-state index in [1.165, 1.54) is 48.8 Å². The molecule has 2 aromatic carbocycles. The number of nitrogens with one attached hydrogen (secondary N) is 1. The first-order valence-electron chi connectivity index (χ1n) is 8.81. The van der Waals surface area contributed by atoms with Gasteiger partial charge in [-0.2, -0.15) is 0 Å². The van der Waals surface area contributed by atoms with Crippen LogP contribution in [-0.4, -0.2) is 30.8 Å². The highest BCUT2D eigenvalue weighted by atomic mass is 32.2. The zero-order valence-corrected chi connectivity index (χ0v) is 16.7. The molecule has 0 spiro atoms. The Morgan fingerprint density at radius 3 is 2.33 bits per heavy atom. The van der Waals surface area contributed by atoms with E-state index >= 15 is 0 Å². The number of nitro groups is 1. The van der Waals surface area contributed by atoms with Crippen LogP contribution in [0.1, 0.15) is 5.56 Å². The van der Waals surface area contributed by atoms with Gasteiger partial charge in [-0.25, -0.2) is 8.42 Å². The Bertz CT molecular complexity index is 1150. The summed E-state index contributed by atoms with van der Waals surface area (Å²) in [5.74, 6) is -0.600. The predicted octanol–water partition coefficient (Wildman–Crippen LogP) is 3.13. The van der Waals surface area contributed by atoms with Gasteiger partial charge in [-0.3, -0.25) is 24.2 Å². The third-order valence-corrected chi connectivity index (χ3v) is 5.95. The number of rotatable bonds is 7. The second-order valence-electron chi connectivity index (χ2n) is 6.39. The van der Waals surface area contributed by atoms with Crippen molar-refractivity contribution in [3.8, 4) is 0 Å². The maximum atomic E-state index is 13.2. The Labute approximate surface area is 173 Å². The van der Waals surface area contributed by atoms with Crippen molar-refractivity contribution in [1.29, 1.82) is 0 Å². The summed E-state index contributed by atoms with van der Waals surface area (Å²) in [5.41, 5.74) is 1.46. The van der Waals surface area contributed by atoms with E-state index in [1.807, 2.05) is 6.92 Å². The molecule has 0 aliphatic carbocycles. The number of aryl methyl sites for hydroxylation is 1. The minimum absolute atomic E-state index is 0.0475. The molecule has 0 fully saturated rings. The highest BCUT2D eigenvalue weighted by Gasteiger charge is 2.27. The van der Waals surface area contributed by atoms with Crippen molar-refractivity contribution in [3.63, 3.8) is 0 Å². The molecule has 3 rings (SSSR count). The van der Waals surface area contributed by atoms with E-state index in [4.69, 9.17) is 0 Å². The number of hydrogen-bond donors (Lipinski definition) is 1. The molecule has 0 bridgehead atoms. The van der Waals surface area contributed by atoms with Gasteiger partial charge in [-0.1, -0.05) is 17.7 Å². The number of sulfonamides is 1. The van der Waals surface area contributed by atoms with Gasteiger partial charge in [0.05, 0.1) is 10.6 Å². The quantitative estimate of drug-likeness (QED) is 0.457. The third kappa shape index (κ3) is 4.78. The van der Waals surface area contributed by atoms with Gasteiger partial charge in [0.2, 0.25) is 5.91 Å². The van der Waals surface area contributed by atoms with Crippen molar-refractivity contribution in [1.82, 2.24) is 4.98 Å². The first-order chi connectivity index (χ1) is 14.3. The minimum Gasteiger partial charge on any atom is -0.325 e. The Kier molecular flexibility index (Phi) is 6.07. The van der Waals surface area contributed by atoms with Crippen LogP contribution in [-0.2, 0) is 14.8 Å². The van der Waals surface area contributed by atoms with Crippen molar-refractivity contribution in [3.05, 3.63) is 88.7 Å². The lowest BCUT2D eigenvalue weighted by Crippen LogP contribution is -2.38. The van der Waals surface area contributed by atoms with Gasteiger partial charge >= 0.3 is 0 Å². The van der Waals surface area contributed by atoms with Crippen LogP contribution in [0.2, 0.25) is 0 Å². The largest absolute Gasteiger partial charge is 0.325 e. The van der Waals surface area contributed by atoms with Gasteiger partial charge in [0.15, 0.2) is 0 Å². The summed E-state index contributed by atoms with van der Waals surface area (Å²) < 4.78 is 27.3. The number of benzene rings is 2. The van der Waals surface area contributed by atoms with Crippen molar-refractivity contribution in [2.45, 2.75) is 11.8 Å². The molecule has 1 N–H and O–H groups in total. The number of pyridine rings is 1. The van der Waals surface area contributed by atoms with Gasteiger partial charge < -0.3 is 5.32 Å². The third-order valence-electron chi connectivity index (χ3n) is 4.19. The number of nitrogens with zero attached hydrogens (tertiary/aromatic N) is 3. The number of amides is 1. The van der Waals surface area contributed by atoms with Crippen LogP contribution >= 0.6 is 0 Å². The molecule has 0 saturated heterocycles. The average Bonchev–Trinajstić information content (AvgIpc) is 2.74. The zero-order valence-electron chi connectivity index (χ0n) is 15.9. The number of carbonyl (C=O) groups excluding carboxylic acids is 1. The van der Waals surface area contributed by atoms with E-state index in [9.17, 15) is 23.3 Å². The minimum atomic E-state index is -4.05. The molecule has 0 unspecified atom stereocenters. The molecule has 1 aromatic heterocycles. The SMILES string of the molecule is Cc1ccc(N(CC(=O)Nc2ccc([N+](=O)[O-])cc2)S(=O)(=O)c2cccnc2)cc1. The lowest BCUT2D eigenvalue weighted by Gasteiger charge is -2.24. The molecule has 9 nitrogen and oxygen atoms in total. The number of non-ortho nitro benzene ring substituents is 1. The first kappa shape index (κ1) is 20.9. The van der Waals surface area contributed by atoms with Crippen LogP contribution in [0.5, 0.6) is 0 Å². The van der Waals surface area contributed by atoms with E-state index < -0.39 is 27.4 Å². The summed E-state index contributed by atoms with van der Waals surface area (Å²) in [6.07, 6.45) is 2.67. The molecular weight excluding hydrogens is 408 g/mol. The molecule has 30 heavy (non-hydrogen) atoms. The summed E-state index contributed by atoms with van der Waals surface area (Å²) in [5, 5.41) is 13.3. The second-order valence-corrected chi connectivity index (χ2v) is 8.25. The highest BCUT2D eigenvalue weighted by Crippen LogP contribution is 2.24. The molecule has 0 aliphatic heterocycles. The Hall–Kier alpha value is -3.79. The fraction of sp³-hybridized carbons (Fsp3) is 0.100. The molecule has 10 heteroatoms. The van der Waals surface area contributed by atoms with Crippen LogP contribution in [0, 0.1) is 17.0 Å². The topological polar surface area (TPSA) is 123 Å². The van der Waals surface area contributed by atoms with Gasteiger partial charge in [0.25, 0.3) is 15.7 Å². The molecule has 154 valence electrons. The predicted molar refractivity (Wildman–Crippen MR) is 112 cm³/mol. The van der Waals surface area contributed by atoms with Gasteiger partial charge in [0, 0.05) is 30.2 Å². The first-order valence-corrected chi connectivity index (χ1v) is 10.2. The van der Waals surface area contributed by atoms with Gasteiger partial charge in [-0.05, 0) is 43.3 Å². The van der Waals surface area contributed by atoms with E-state index in [0.29, 0.717) is 11.4 Å². The molecule has 0 saturated carbocycles. The van der Waals surface area contributed by atoms with Crippen molar-refractivity contribution < 1.29 is 18.1 Å². The van der Waals surface area contributed by atoms with E-state index in [0.717, 1.165) is 9.87 Å². The molecule has 3 aromatic rings. The summed E-state index contributed by atoms with van der Waals surface area (Å²) in [7, 11) is -4.05. The number of anilines is 2. The van der Waals surface area contributed by atoms with Crippen molar-refractivity contribution >= 4 is 33.0 Å². The molecule has 0 atom stereocenters. The highest BCUT2D eigenvalue weighted by molar-refractivity contribution is 7.92. The Balaban J connectivity index is 1.88. The summed E-state index contributed by atoms with van der Waals surface area (Å²) in [6, 6.07) is 14.9. The number of aromatic nitrogens is 1. The maximum Gasteiger partial charge on any atom is 0.269 e. The van der Waals surface area contributed by atoms with Gasteiger partial charge in [-0.15, -0.1) is 0 Å². The summed E-state index contributed by atoms with van der Waals surface area (Å²) in [4.78, 5) is 26.6. The molecular formula is C20H18N4O5S. The number of hydrogen-bond acceptors (Lipinski definition) is 6. The van der Waals surface area contributed by atoms with Crippen molar-refractivity contribution in [2.24, 2.45) is 0 Å². The molecule has 1 heterocycles. The fourth-order valence-electron chi connectivity index (χ4n) is 2.65. The Morgan fingerprint density at radius 2 is 1.77 bits per heavy atom. The Morgan fingerprint density at radius 1 is 1.10 bits per heavy atom. The molecule has 1 amide bonds. The lowest BCUT2D eigenvalue weighted by atomic mass is 10.2. The molecule has 0 radical (unpaired) electrons. The number of nitro benzene ring substituents is 1. The molecule has 0 aliphatic rings. The van der Waals surface area contributed by atoms with Crippen molar-refractivity contribution in [2.75, 3.05) is 16.2 Å². The smallest absolute Gasteiger partial charge is 0.269 e. The van der Waals surface area contributed by atoms with E-state index in [-0.39, 0.29) is 10.6 Å². The lowest BCUT2D eigenvalue weighted by molar-refractivity contribution is -0.384. The maximum absolute atomic E-state index is 13.2. The average molecular weight is 426 g/mol. The summed E-state index contributed by atoms with van der Waals surface area (Å²) in [6.45, 7) is 1.38. The van der Waals surface area contributed by atoms with Crippen LogP contribution in [0.3, 0.4) is 0 Å². The normalized spacial score (nSPS) is 11.0. The number of carbonyl (C=O) groups is 1. The van der Waals surface area contributed by atoms with E-state index in [2.05, 4.69) is 10.3 Å². The summed E-state index contributed by atoms with van der Waals surface area (Å²) >= 11 is 0. The van der Waals surface area contributed by atoms with Crippen LogP contribution in [0.25, 0.3) is 0 Å². The van der Waals surface area contributed by atoms with E-state index in [1.54, 1.807) is 24.3 Å². The van der Waals surface area contributed by atoms with Crippen LogP contribution in [0.4, 0.5) is 17.1 Å².